The summed E-state index contributed by atoms with van der Waals surface area (Å²) in [5, 5.41) is 12.1. The van der Waals surface area contributed by atoms with Crippen LogP contribution in [0.25, 0.3) is 0 Å². The number of fused-ring (bicyclic) bond motifs is 1. The molecule has 0 aliphatic carbocycles. The van der Waals surface area contributed by atoms with Crippen LogP contribution < -0.4 is 14.8 Å². The molecule has 11 heteroatoms. The van der Waals surface area contributed by atoms with Gasteiger partial charge in [-0.05, 0) is 36.8 Å². The van der Waals surface area contributed by atoms with E-state index in [9.17, 15) is 19.1 Å². The number of nitrogens with one attached hydrogen (secondary N) is 1. The van der Waals surface area contributed by atoms with Gasteiger partial charge < -0.3 is 28.8 Å². The molecule has 0 saturated heterocycles. The maximum absolute atomic E-state index is 14.1. The number of ether oxygens (including phenoxy) is 5. The fourth-order valence-corrected chi connectivity index (χ4v) is 3.26. The zero-order valence-electron chi connectivity index (χ0n) is 17.8. The SMILES string of the molecule is CCO[C@@H](CCOC(=O)CS)[C@@H](OC(=O)Nc1ccc2c(c1)OCO2)c1ccc(O)c(F)c1. The fraction of sp³-hybridized carbons (Fsp3) is 0.364. The largest absolute Gasteiger partial charge is 0.505 e. The lowest BCUT2D eigenvalue weighted by atomic mass is 10.0. The molecule has 1 aliphatic heterocycles. The van der Waals surface area contributed by atoms with Crippen molar-refractivity contribution in [1.82, 2.24) is 0 Å². The van der Waals surface area contributed by atoms with Gasteiger partial charge in [0.15, 0.2) is 29.2 Å². The summed E-state index contributed by atoms with van der Waals surface area (Å²) in [5.74, 6) is -0.989. The standard InChI is InChI=1S/C22H24FNO8S/c1-2-28-18(7-8-29-20(26)11-33)21(13-3-5-16(25)15(23)9-13)32-22(27)24-14-4-6-17-19(10-14)31-12-30-17/h3-6,9-10,18,21,25,33H,2,7-8,11-12H2,1H3,(H,24,27)/t18-,21-/m0/s1. The molecule has 3 rings (SSSR count). The molecule has 9 nitrogen and oxygen atoms in total. The van der Waals surface area contributed by atoms with Crippen molar-refractivity contribution in [3.8, 4) is 17.2 Å². The van der Waals surface area contributed by atoms with E-state index < -0.39 is 35.8 Å². The number of rotatable bonds is 10. The minimum absolute atomic E-state index is 0.0196. The van der Waals surface area contributed by atoms with Crippen LogP contribution in [0.4, 0.5) is 14.9 Å². The zero-order chi connectivity index (χ0) is 23.8. The molecule has 0 spiro atoms. The molecule has 2 N–H and O–H groups in total. The molecule has 2 atom stereocenters. The molecule has 1 heterocycles. The number of hydrogen-bond donors (Lipinski definition) is 3. The van der Waals surface area contributed by atoms with Crippen LogP contribution in [-0.2, 0) is 19.0 Å². The Bertz CT molecular complexity index is 989. The maximum Gasteiger partial charge on any atom is 0.412 e. The van der Waals surface area contributed by atoms with Gasteiger partial charge in [0.1, 0.15) is 6.10 Å². The van der Waals surface area contributed by atoms with Crippen molar-refractivity contribution in [2.75, 3.05) is 31.1 Å². The number of halogens is 1. The lowest BCUT2D eigenvalue weighted by Crippen LogP contribution is -2.30. The highest BCUT2D eigenvalue weighted by Gasteiger charge is 2.29. The van der Waals surface area contributed by atoms with Gasteiger partial charge in [0.05, 0.1) is 12.4 Å². The summed E-state index contributed by atoms with van der Waals surface area (Å²) in [5.41, 5.74) is 0.653. The first-order chi connectivity index (χ1) is 15.9. The van der Waals surface area contributed by atoms with Gasteiger partial charge in [-0.2, -0.15) is 12.6 Å². The highest BCUT2D eigenvalue weighted by atomic mass is 32.1. The molecular weight excluding hydrogens is 457 g/mol. The van der Waals surface area contributed by atoms with E-state index in [2.05, 4.69) is 17.9 Å². The number of phenolic OH excluding ortho intramolecular Hbond substituents is 1. The number of anilines is 1. The van der Waals surface area contributed by atoms with Crippen molar-refractivity contribution < 1.29 is 42.8 Å². The molecule has 1 aliphatic rings. The monoisotopic (exact) mass is 481 g/mol. The third-order valence-electron chi connectivity index (χ3n) is 4.67. The molecule has 33 heavy (non-hydrogen) atoms. The van der Waals surface area contributed by atoms with Crippen LogP contribution >= 0.6 is 12.6 Å². The van der Waals surface area contributed by atoms with Crippen LogP contribution in [0.3, 0.4) is 0 Å². The van der Waals surface area contributed by atoms with E-state index in [1.807, 2.05) is 0 Å². The fourth-order valence-electron chi connectivity index (χ4n) is 3.17. The van der Waals surface area contributed by atoms with Gasteiger partial charge in [-0.15, -0.1) is 0 Å². The lowest BCUT2D eigenvalue weighted by Gasteiger charge is -2.27. The Balaban J connectivity index is 1.78. The van der Waals surface area contributed by atoms with Crippen molar-refractivity contribution in [1.29, 1.82) is 0 Å². The average Bonchev–Trinajstić information content (AvgIpc) is 3.26. The second-order valence-corrected chi connectivity index (χ2v) is 7.21. The van der Waals surface area contributed by atoms with Gasteiger partial charge in [-0.25, -0.2) is 9.18 Å². The highest BCUT2D eigenvalue weighted by molar-refractivity contribution is 7.81. The lowest BCUT2D eigenvalue weighted by molar-refractivity contribution is -0.142. The third kappa shape index (κ3) is 6.65. The van der Waals surface area contributed by atoms with Crippen molar-refractivity contribution in [3.63, 3.8) is 0 Å². The van der Waals surface area contributed by atoms with Crippen LogP contribution in [0.5, 0.6) is 17.2 Å². The van der Waals surface area contributed by atoms with Crippen LogP contribution in [0.1, 0.15) is 25.0 Å². The molecule has 0 fully saturated rings. The molecule has 0 bridgehead atoms. The maximum atomic E-state index is 14.1. The van der Waals surface area contributed by atoms with Crippen molar-refractivity contribution >= 4 is 30.4 Å². The van der Waals surface area contributed by atoms with Gasteiger partial charge in [0, 0.05) is 24.8 Å². The van der Waals surface area contributed by atoms with Crippen LogP contribution in [0.2, 0.25) is 0 Å². The van der Waals surface area contributed by atoms with E-state index >= 15 is 0 Å². The summed E-state index contributed by atoms with van der Waals surface area (Å²) in [6, 6.07) is 8.46. The first-order valence-corrected chi connectivity index (χ1v) is 10.8. The third-order valence-corrected chi connectivity index (χ3v) is 4.92. The number of thiol groups is 1. The van der Waals surface area contributed by atoms with Crippen LogP contribution in [0.15, 0.2) is 36.4 Å². The van der Waals surface area contributed by atoms with E-state index in [1.54, 1.807) is 25.1 Å². The first kappa shape index (κ1) is 24.5. The number of carbonyl (C=O) groups is 2. The van der Waals surface area contributed by atoms with Gasteiger partial charge in [0.25, 0.3) is 0 Å². The number of esters is 1. The number of phenols is 1. The van der Waals surface area contributed by atoms with Crippen molar-refractivity contribution in [2.24, 2.45) is 0 Å². The van der Waals surface area contributed by atoms with Crippen molar-refractivity contribution in [3.05, 3.63) is 47.8 Å². The normalized spacial score (nSPS) is 13.8. The minimum atomic E-state index is -1.07. The summed E-state index contributed by atoms with van der Waals surface area (Å²) >= 11 is 3.85. The van der Waals surface area contributed by atoms with E-state index in [-0.39, 0.29) is 37.7 Å². The zero-order valence-corrected chi connectivity index (χ0v) is 18.7. The Hall–Kier alpha value is -3.18. The Morgan fingerprint density at radius 3 is 2.73 bits per heavy atom. The molecule has 178 valence electrons. The Kier molecular flexibility index (Phi) is 8.61. The summed E-state index contributed by atoms with van der Waals surface area (Å²) in [4.78, 5) is 24.1. The number of aromatic hydroxyl groups is 1. The predicted molar refractivity (Wildman–Crippen MR) is 118 cm³/mol. The first-order valence-electron chi connectivity index (χ1n) is 10.1. The van der Waals surface area contributed by atoms with Gasteiger partial charge in [0.2, 0.25) is 6.79 Å². The molecular formula is C22H24FNO8S. The number of hydrogen-bond acceptors (Lipinski definition) is 9. The molecule has 0 unspecified atom stereocenters. The second kappa shape index (κ2) is 11.6. The van der Waals surface area contributed by atoms with Crippen LogP contribution in [0, 0.1) is 5.82 Å². The van der Waals surface area contributed by atoms with Gasteiger partial charge in [-0.1, -0.05) is 6.07 Å². The van der Waals surface area contributed by atoms with E-state index in [0.717, 1.165) is 12.1 Å². The average molecular weight is 481 g/mol. The quantitative estimate of drug-likeness (QED) is 0.347. The van der Waals surface area contributed by atoms with E-state index in [1.165, 1.54) is 6.07 Å². The summed E-state index contributed by atoms with van der Waals surface area (Å²) < 4.78 is 41.0. The number of amides is 1. The molecule has 0 radical (unpaired) electrons. The van der Waals surface area contributed by atoms with E-state index in [0.29, 0.717) is 17.2 Å². The predicted octanol–water partition coefficient (Wildman–Crippen LogP) is 3.82. The molecule has 1 amide bonds. The highest BCUT2D eigenvalue weighted by Crippen LogP contribution is 2.35. The Labute approximate surface area is 195 Å². The Morgan fingerprint density at radius 2 is 2.00 bits per heavy atom. The van der Waals surface area contributed by atoms with E-state index in [4.69, 9.17) is 23.7 Å². The molecule has 0 saturated carbocycles. The molecule has 2 aromatic carbocycles. The molecule has 2 aromatic rings. The summed E-state index contributed by atoms with van der Waals surface area (Å²) in [7, 11) is 0. The second-order valence-electron chi connectivity index (χ2n) is 6.89. The van der Waals surface area contributed by atoms with Crippen molar-refractivity contribution in [2.45, 2.75) is 25.6 Å². The topological polar surface area (TPSA) is 113 Å². The number of benzene rings is 2. The summed E-state index contributed by atoms with van der Waals surface area (Å²) in [6.45, 7) is 2.07. The summed E-state index contributed by atoms with van der Waals surface area (Å²) in [6.07, 6.45) is -2.50. The molecule has 0 aromatic heterocycles. The minimum Gasteiger partial charge on any atom is -0.505 e. The van der Waals surface area contributed by atoms with Gasteiger partial charge in [-0.3, -0.25) is 10.1 Å². The Morgan fingerprint density at radius 1 is 1.21 bits per heavy atom. The smallest absolute Gasteiger partial charge is 0.412 e. The van der Waals surface area contributed by atoms with Crippen LogP contribution in [-0.4, -0.2) is 49.0 Å². The van der Waals surface area contributed by atoms with Gasteiger partial charge >= 0.3 is 12.1 Å². The number of carbonyl (C=O) groups excluding carboxylic acids is 2.